The summed E-state index contributed by atoms with van der Waals surface area (Å²) in [6.45, 7) is 0. The number of benzene rings is 2. The van der Waals surface area contributed by atoms with Crippen LogP contribution >= 0.6 is 63.7 Å². The third-order valence-corrected chi connectivity index (χ3v) is 5.27. The van der Waals surface area contributed by atoms with Gasteiger partial charge in [0.05, 0.1) is 0 Å². The lowest BCUT2D eigenvalue weighted by atomic mass is 10.0. The smallest absolute Gasteiger partial charge is 0.0276 e. The number of hydrogen-bond donors (Lipinski definition) is 0. The van der Waals surface area contributed by atoms with Crippen molar-refractivity contribution in [3.63, 3.8) is 0 Å². The normalized spacial score (nSPS) is 12.8. The highest BCUT2D eigenvalue weighted by Crippen LogP contribution is 2.45. The molecule has 0 heterocycles. The fraction of sp³-hybridized carbons (Fsp3) is 0. The molecular weight excluding hydrogens is 464 g/mol. The van der Waals surface area contributed by atoms with Gasteiger partial charge in [-0.3, -0.25) is 0 Å². The summed E-state index contributed by atoms with van der Waals surface area (Å²) in [6.07, 6.45) is 4.29. The van der Waals surface area contributed by atoms with Crippen LogP contribution in [0.4, 0.5) is 0 Å². The van der Waals surface area contributed by atoms with Crippen molar-refractivity contribution in [1.82, 2.24) is 0 Å². The third-order valence-electron chi connectivity index (χ3n) is 2.70. The predicted octanol–water partition coefficient (Wildman–Crippen LogP) is 6.37. The Morgan fingerprint density at radius 3 is 1.44 bits per heavy atom. The van der Waals surface area contributed by atoms with Gasteiger partial charge in [-0.2, -0.15) is 0 Å². The van der Waals surface area contributed by atoms with E-state index >= 15 is 0 Å². The Morgan fingerprint density at radius 1 is 0.562 bits per heavy atom. The molecule has 0 fully saturated rings. The average Bonchev–Trinajstić information content (AvgIpc) is 2.61. The first-order valence-electron chi connectivity index (χ1n) is 4.57. The molecule has 0 radical (unpaired) electrons. The molecule has 2 aromatic rings. The second-order valence-electron chi connectivity index (χ2n) is 3.59. The van der Waals surface area contributed by atoms with E-state index in [1.54, 1.807) is 0 Å². The van der Waals surface area contributed by atoms with Gasteiger partial charge in [0.15, 0.2) is 0 Å². The lowest BCUT2D eigenvalue weighted by molar-refractivity contribution is 1.59. The number of hydrogen-bond acceptors (Lipinski definition) is 0. The van der Waals surface area contributed by atoms with Crippen molar-refractivity contribution in [1.29, 1.82) is 0 Å². The third kappa shape index (κ3) is 1.50. The highest BCUT2D eigenvalue weighted by Gasteiger charge is 2.18. The maximum atomic E-state index is 3.62. The van der Waals surface area contributed by atoms with Crippen molar-refractivity contribution in [3.05, 3.63) is 41.2 Å². The molecule has 0 atom stereocenters. The van der Waals surface area contributed by atoms with Gasteiger partial charge < -0.3 is 0 Å². The molecule has 80 valence electrons. The van der Waals surface area contributed by atoms with Crippen LogP contribution in [0.2, 0.25) is 0 Å². The zero-order valence-electron chi connectivity index (χ0n) is 7.82. The van der Waals surface area contributed by atoms with Gasteiger partial charge in [0.25, 0.3) is 0 Å². The van der Waals surface area contributed by atoms with Crippen molar-refractivity contribution >= 4 is 86.6 Å². The Kier molecular flexibility index (Phi) is 2.82. The van der Waals surface area contributed by atoms with Gasteiger partial charge in [0.1, 0.15) is 0 Å². The average molecular weight is 468 g/mol. The molecule has 0 spiro atoms. The molecule has 0 aliphatic heterocycles. The molecule has 16 heavy (non-hydrogen) atoms. The van der Waals surface area contributed by atoms with Gasteiger partial charge in [0, 0.05) is 28.7 Å². The van der Waals surface area contributed by atoms with Crippen LogP contribution < -0.4 is 0 Å². The summed E-state index contributed by atoms with van der Waals surface area (Å²) in [5.74, 6) is 0. The van der Waals surface area contributed by atoms with E-state index in [0.717, 1.165) is 17.9 Å². The minimum Gasteiger partial charge on any atom is -0.0525 e. The quantitative estimate of drug-likeness (QED) is 0.360. The molecule has 2 aromatic carbocycles. The molecule has 3 rings (SSSR count). The molecule has 0 nitrogen and oxygen atoms in total. The number of rotatable bonds is 0. The zero-order chi connectivity index (χ0) is 11.4. The molecule has 0 saturated carbocycles. The van der Waals surface area contributed by atoms with Gasteiger partial charge in [-0.15, -0.1) is 0 Å². The largest absolute Gasteiger partial charge is 0.0525 e. The molecule has 0 amide bonds. The molecule has 4 heteroatoms. The lowest BCUT2D eigenvalue weighted by Gasteiger charge is -2.10. The van der Waals surface area contributed by atoms with E-state index < -0.39 is 0 Å². The van der Waals surface area contributed by atoms with Gasteiger partial charge in [0.2, 0.25) is 0 Å². The van der Waals surface area contributed by atoms with Crippen LogP contribution in [0.15, 0.2) is 30.0 Å². The summed E-state index contributed by atoms with van der Waals surface area (Å²) in [7, 11) is 0. The molecule has 1 aliphatic carbocycles. The first kappa shape index (κ1) is 11.5. The van der Waals surface area contributed by atoms with E-state index in [1.807, 2.05) is 0 Å². The Balaban J connectivity index is 2.66. The molecule has 1 aliphatic rings. The zero-order valence-corrected chi connectivity index (χ0v) is 14.2. The molecule has 0 N–H and O–H groups in total. The van der Waals surface area contributed by atoms with Crippen molar-refractivity contribution < 1.29 is 0 Å². The summed E-state index contributed by atoms with van der Waals surface area (Å²) in [5.41, 5.74) is 2.49. The fourth-order valence-corrected chi connectivity index (χ4v) is 5.30. The predicted molar refractivity (Wildman–Crippen MR) is 83.7 cm³/mol. The van der Waals surface area contributed by atoms with Crippen LogP contribution in [0, 0.1) is 0 Å². The van der Waals surface area contributed by atoms with E-state index in [4.69, 9.17) is 0 Å². The summed E-state index contributed by atoms with van der Waals surface area (Å²) in [4.78, 5) is 0. The minimum absolute atomic E-state index is 1.10. The van der Waals surface area contributed by atoms with Crippen molar-refractivity contribution in [2.45, 2.75) is 0 Å². The SMILES string of the molecule is Brc1cc(Br)c2c(Br)cc(Br)c3c2c1C=C3. The Labute approximate surface area is 127 Å². The summed E-state index contributed by atoms with van der Waals surface area (Å²) in [5, 5.41) is 2.50. The topological polar surface area (TPSA) is 0 Å². The monoisotopic (exact) mass is 464 g/mol. The maximum Gasteiger partial charge on any atom is 0.0276 e. The number of halogens is 4. The molecule has 0 saturated heterocycles. The lowest BCUT2D eigenvalue weighted by Crippen LogP contribution is -1.85. The molecular formula is C12H4Br4. The van der Waals surface area contributed by atoms with Crippen molar-refractivity contribution in [3.8, 4) is 0 Å². The van der Waals surface area contributed by atoms with Crippen LogP contribution in [-0.2, 0) is 0 Å². The molecule has 0 aromatic heterocycles. The summed E-state index contributed by atoms with van der Waals surface area (Å²) in [6, 6.07) is 4.19. The highest BCUT2D eigenvalue weighted by atomic mass is 79.9. The van der Waals surface area contributed by atoms with Crippen LogP contribution in [-0.4, -0.2) is 0 Å². The first-order chi connectivity index (χ1) is 7.59. The second-order valence-corrected chi connectivity index (χ2v) is 7.01. The fourth-order valence-electron chi connectivity index (χ4n) is 2.02. The van der Waals surface area contributed by atoms with E-state index in [1.165, 1.54) is 21.9 Å². The van der Waals surface area contributed by atoms with Gasteiger partial charge in [-0.25, -0.2) is 0 Å². The van der Waals surface area contributed by atoms with Crippen molar-refractivity contribution in [2.24, 2.45) is 0 Å². The standard InChI is InChI=1S/C12H4Br4/c13-7-3-9(15)12-10(16)4-8(14)6-2-1-5(7)11(6)12/h1-4H. The van der Waals surface area contributed by atoms with Gasteiger partial charge in [-0.1, -0.05) is 75.9 Å². The van der Waals surface area contributed by atoms with Crippen LogP contribution in [0.25, 0.3) is 22.9 Å². The van der Waals surface area contributed by atoms with Crippen molar-refractivity contribution in [2.75, 3.05) is 0 Å². The first-order valence-corrected chi connectivity index (χ1v) is 7.74. The van der Waals surface area contributed by atoms with Gasteiger partial charge >= 0.3 is 0 Å². The Morgan fingerprint density at radius 2 is 1.00 bits per heavy atom. The van der Waals surface area contributed by atoms with E-state index in [-0.39, 0.29) is 0 Å². The molecule has 0 bridgehead atoms. The summed E-state index contributed by atoms with van der Waals surface area (Å²) < 4.78 is 4.43. The van der Waals surface area contributed by atoms with Gasteiger partial charge in [-0.05, 0) is 23.3 Å². The van der Waals surface area contributed by atoms with Crippen LogP contribution in [0.3, 0.4) is 0 Å². The molecule has 0 unspecified atom stereocenters. The van der Waals surface area contributed by atoms with E-state index in [9.17, 15) is 0 Å². The van der Waals surface area contributed by atoms with Crippen LogP contribution in [0.1, 0.15) is 11.1 Å². The Bertz CT molecular complexity index is 603. The van der Waals surface area contributed by atoms with Crippen LogP contribution in [0.5, 0.6) is 0 Å². The Hall–Kier alpha value is 0.360. The van der Waals surface area contributed by atoms with E-state index in [2.05, 4.69) is 88.0 Å². The maximum absolute atomic E-state index is 3.62. The second kappa shape index (κ2) is 3.94. The highest BCUT2D eigenvalue weighted by molar-refractivity contribution is 9.11. The van der Waals surface area contributed by atoms with E-state index in [0.29, 0.717) is 0 Å². The summed E-state index contributed by atoms with van der Waals surface area (Å²) >= 11 is 14.4. The minimum atomic E-state index is 1.10.